The Balaban J connectivity index is 1.42. The van der Waals surface area contributed by atoms with Gasteiger partial charge < -0.3 is 35.7 Å². The molecule has 0 spiro atoms. The molecule has 176 valence electrons. The maximum absolute atomic E-state index is 10.8. The number of aliphatic hydroxyl groups is 2. The van der Waals surface area contributed by atoms with Crippen LogP contribution in [0.2, 0.25) is 0 Å². The lowest BCUT2D eigenvalue weighted by Gasteiger charge is -2.23. The first-order chi connectivity index (χ1) is 15.5. The molecule has 0 radical (unpaired) electrons. The summed E-state index contributed by atoms with van der Waals surface area (Å²) in [6.45, 7) is 0. The zero-order chi connectivity index (χ0) is 22.7. The molecule has 5 atom stereocenters. The highest BCUT2D eigenvalue weighted by Crippen LogP contribution is 2.34. The van der Waals surface area contributed by atoms with Crippen molar-refractivity contribution in [2.75, 3.05) is 16.8 Å². The van der Waals surface area contributed by atoms with Crippen LogP contribution in [0.5, 0.6) is 0 Å². The van der Waals surface area contributed by atoms with Gasteiger partial charge in [0.1, 0.15) is 23.8 Å². The van der Waals surface area contributed by atoms with Crippen LogP contribution in [0.15, 0.2) is 18.6 Å². The molecule has 5 unspecified atom stereocenters. The fourth-order valence-corrected chi connectivity index (χ4v) is 5.44. The van der Waals surface area contributed by atoms with Gasteiger partial charge in [-0.3, -0.25) is 4.79 Å². The summed E-state index contributed by atoms with van der Waals surface area (Å²) in [7, 11) is 0. The Morgan fingerprint density at radius 2 is 2.06 bits per heavy atom. The molecule has 6 N–H and O–H groups in total. The summed E-state index contributed by atoms with van der Waals surface area (Å²) >= 11 is 1.44. The Kier molecular flexibility index (Phi) is 7.51. The Bertz CT molecular complexity index is 921. The minimum absolute atomic E-state index is 0.324. The zero-order valence-electron chi connectivity index (χ0n) is 17.8. The predicted molar refractivity (Wildman–Crippen MR) is 122 cm³/mol. The van der Waals surface area contributed by atoms with Gasteiger partial charge in [0.05, 0.1) is 17.9 Å². The number of anilines is 1. The Hall–Kier alpha value is -1.92. The van der Waals surface area contributed by atoms with Crippen molar-refractivity contribution in [3.05, 3.63) is 18.6 Å². The van der Waals surface area contributed by atoms with Gasteiger partial charge in [0.25, 0.3) is 0 Å². The molecule has 0 aromatic carbocycles. The molecular formula is C21H31N5O5S. The van der Waals surface area contributed by atoms with Crippen LogP contribution >= 0.6 is 11.8 Å². The number of rotatable bonds is 9. The Morgan fingerprint density at radius 1 is 1.28 bits per heavy atom. The molecule has 2 aromatic heterocycles. The molecule has 0 amide bonds. The number of thioether (sulfide) groups is 1. The number of carbonyl (C=O) groups is 1. The standard InChI is InChI=1S/C21H31N5O5S/c22-13(21(29)30)7-9-32-10-15-17(27)18(28)20(31-15)26-11-24-16-14(26)6-8-23-19(16)25-12-4-2-1-3-5-12/h6,8,11-13,15,17-18,20,27-28H,1-5,7,9-10,22H2,(H,23,25)(H,29,30). The molecule has 4 rings (SSSR count). The highest BCUT2D eigenvalue weighted by atomic mass is 32.2. The average molecular weight is 466 g/mol. The van der Waals surface area contributed by atoms with Crippen molar-refractivity contribution in [3.8, 4) is 0 Å². The molecule has 1 saturated carbocycles. The normalized spacial score (nSPS) is 27.6. The summed E-state index contributed by atoms with van der Waals surface area (Å²) in [4.78, 5) is 19.8. The third-order valence-electron chi connectivity index (χ3n) is 6.22. The van der Waals surface area contributed by atoms with E-state index in [-0.39, 0.29) is 0 Å². The van der Waals surface area contributed by atoms with Crippen LogP contribution in [0.1, 0.15) is 44.8 Å². The first kappa shape index (κ1) is 23.2. The molecule has 2 aliphatic rings. The van der Waals surface area contributed by atoms with Crippen LogP contribution in [-0.4, -0.2) is 77.7 Å². The molecule has 1 saturated heterocycles. The lowest BCUT2D eigenvalue weighted by molar-refractivity contribution is -0.138. The smallest absolute Gasteiger partial charge is 0.320 e. The van der Waals surface area contributed by atoms with Crippen molar-refractivity contribution < 1.29 is 24.9 Å². The number of nitrogens with one attached hydrogen (secondary N) is 1. The van der Waals surface area contributed by atoms with Gasteiger partial charge in [-0.1, -0.05) is 19.3 Å². The van der Waals surface area contributed by atoms with Gasteiger partial charge in [-0.05, 0) is 31.1 Å². The minimum atomic E-state index is -1.11. The fourth-order valence-electron chi connectivity index (χ4n) is 4.34. The summed E-state index contributed by atoms with van der Waals surface area (Å²) in [6.07, 6.45) is 6.06. The number of imidazole rings is 1. The lowest BCUT2D eigenvalue weighted by Crippen LogP contribution is -2.33. The number of aromatic nitrogens is 3. The molecule has 32 heavy (non-hydrogen) atoms. The first-order valence-corrected chi connectivity index (χ1v) is 12.3. The number of nitrogens with zero attached hydrogens (tertiary/aromatic N) is 3. The Morgan fingerprint density at radius 3 is 2.81 bits per heavy atom. The SMILES string of the molecule is NC(CCSCC1OC(n2cnc3c(NC4CCCCC4)nccc32)C(O)C1O)C(=O)O. The van der Waals surface area contributed by atoms with Crippen molar-refractivity contribution in [3.63, 3.8) is 0 Å². The average Bonchev–Trinajstić information content (AvgIpc) is 3.34. The van der Waals surface area contributed by atoms with Gasteiger partial charge in [0, 0.05) is 18.0 Å². The molecule has 3 heterocycles. The molecule has 0 bridgehead atoms. The van der Waals surface area contributed by atoms with Crippen molar-refractivity contribution >= 4 is 34.6 Å². The van der Waals surface area contributed by atoms with Gasteiger partial charge >= 0.3 is 5.97 Å². The number of aliphatic hydroxyl groups excluding tert-OH is 2. The number of carboxylic acid groups (broad SMARTS) is 1. The van der Waals surface area contributed by atoms with Gasteiger partial charge in [-0.15, -0.1) is 0 Å². The van der Waals surface area contributed by atoms with Gasteiger partial charge in [0.15, 0.2) is 12.0 Å². The third kappa shape index (κ3) is 5.01. The van der Waals surface area contributed by atoms with Crippen molar-refractivity contribution in [2.24, 2.45) is 5.73 Å². The maximum Gasteiger partial charge on any atom is 0.320 e. The van der Waals surface area contributed by atoms with Crippen LogP contribution in [-0.2, 0) is 9.53 Å². The third-order valence-corrected chi connectivity index (χ3v) is 7.31. The first-order valence-electron chi connectivity index (χ1n) is 11.1. The zero-order valence-corrected chi connectivity index (χ0v) is 18.7. The second-order valence-corrected chi connectivity index (χ2v) is 9.66. The van der Waals surface area contributed by atoms with E-state index in [1.807, 2.05) is 6.07 Å². The van der Waals surface area contributed by atoms with Gasteiger partial charge in [-0.25, -0.2) is 9.97 Å². The number of fused-ring (bicyclic) bond motifs is 1. The molecule has 2 fully saturated rings. The number of pyridine rings is 1. The second-order valence-electron chi connectivity index (χ2n) is 8.51. The van der Waals surface area contributed by atoms with E-state index in [4.69, 9.17) is 15.6 Å². The second kappa shape index (κ2) is 10.3. The van der Waals surface area contributed by atoms with Crippen LogP contribution in [0, 0.1) is 0 Å². The van der Waals surface area contributed by atoms with Gasteiger partial charge in [0.2, 0.25) is 0 Å². The largest absolute Gasteiger partial charge is 0.480 e. The molecule has 1 aliphatic carbocycles. The van der Waals surface area contributed by atoms with E-state index in [1.165, 1.54) is 31.0 Å². The van der Waals surface area contributed by atoms with Crippen LogP contribution in [0.3, 0.4) is 0 Å². The summed E-state index contributed by atoms with van der Waals surface area (Å²) in [5, 5.41) is 33.5. The van der Waals surface area contributed by atoms with E-state index >= 15 is 0 Å². The monoisotopic (exact) mass is 465 g/mol. The molecule has 11 heteroatoms. The number of nitrogens with two attached hydrogens (primary N) is 1. The molecule has 10 nitrogen and oxygen atoms in total. The van der Waals surface area contributed by atoms with Crippen molar-refractivity contribution in [1.29, 1.82) is 0 Å². The van der Waals surface area contributed by atoms with Crippen molar-refractivity contribution in [1.82, 2.24) is 14.5 Å². The summed E-state index contributed by atoms with van der Waals surface area (Å²) in [6, 6.07) is 1.31. The maximum atomic E-state index is 10.8. The summed E-state index contributed by atoms with van der Waals surface area (Å²) in [5.41, 5.74) is 7.00. The molecule has 2 aromatic rings. The summed E-state index contributed by atoms with van der Waals surface area (Å²) in [5.74, 6) is 0.639. The van der Waals surface area contributed by atoms with E-state index in [9.17, 15) is 15.0 Å². The predicted octanol–water partition coefficient (Wildman–Crippen LogP) is 1.33. The fraction of sp³-hybridized carbons (Fsp3) is 0.667. The highest BCUT2D eigenvalue weighted by Gasteiger charge is 2.44. The van der Waals surface area contributed by atoms with Gasteiger partial charge in [-0.2, -0.15) is 11.8 Å². The van der Waals surface area contributed by atoms with E-state index < -0.39 is 36.6 Å². The Labute approximate surface area is 190 Å². The number of carboxylic acids is 1. The quantitative estimate of drug-likeness (QED) is 0.342. The van der Waals surface area contributed by atoms with Crippen LogP contribution in [0.25, 0.3) is 11.0 Å². The minimum Gasteiger partial charge on any atom is -0.480 e. The topological polar surface area (TPSA) is 156 Å². The number of hydrogen-bond acceptors (Lipinski definition) is 9. The van der Waals surface area contributed by atoms with Crippen LogP contribution in [0.4, 0.5) is 5.82 Å². The van der Waals surface area contributed by atoms with Crippen molar-refractivity contribution in [2.45, 2.75) is 75.1 Å². The van der Waals surface area contributed by atoms with Crippen LogP contribution < -0.4 is 11.1 Å². The number of ether oxygens (including phenoxy) is 1. The summed E-state index contributed by atoms with van der Waals surface area (Å²) < 4.78 is 7.73. The molecule has 1 aliphatic heterocycles. The van der Waals surface area contributed by atoms with E-state index in [0.29, 0.717) is 29.5 Å². The number of aliphatic carboxylic acids is 1. The van der Waals surface area contributed by atoms with E-state index in [0.717, 1.165) is 24.2 Å². The molecular weight excluding hydrogens is 434 g/mol. The lowest BCUT2D eigenvalue weighted by atomic mass is 9.95. The van der Waals surface area contributed by atoms with E-state index in [1.54, 1.807) is 17.1 Å². The number of hydrogen-bond donors (Lipinski definition) is 5. The van der Waals surface area contributed by atoms with E-state index in [2.05, 4.69) is 15.3 Å². The highest BCUT2D eigenvalue weighted by molar-refractivity contribution is 7.99.